The molecule has 1 aromatic rings. The van der Waals surface area contributed by atoms with E-state index >= 15 is 0 Å². The lowest BCUT2D eigenvalue weighted by atomic mass is 10.1. The van der Waals surface area contributed by atoms with Gasteiger partial charge in [-0.1, -0.05) is 6.07 Å². The lowest BCUT2D eigenvalue weighted by Gasteiger charge is -2.19. The maximum Gasteiger partial charge on any atom is 0.270 e. The molecule has 1 atom stereocenters. The van der Waals surface area contributed by atoms with Crippen molar-refractivity contribution < 1.29 is 13.3 Å². The second kappa shape index (κ2) is 7.66. The molecule has 0 spiro atoms. The standard InChI is InChI=1S/C11H18N4O4S.ClH/c1-14(2)11(12)6-4-8-3-5-9(15(16)17)7-10(8)20(13,18)19;/h3,5,7,11H,4,6,12H2,1-2H3,(H2,13,18,19);1H. The summed E-state index contributed by atoms with van der Waals surface area (Å²) in [5.41, 5.74) is 5.95. The van der Waals surface area contributed by atoms with Gasteiger partial charge in [0.05, 0.1) is 16.0 Å². The highest BCUT2D eigenvalue weighted by atomic mass is 35.5. The van der Waals surface area contributed by atoms with Crippen LogP contribution in [0.2, 0.25) is 0 Å². The summed E-state index contributed by atoms with van der Waals surface area (Å²) < 4.78 is 23.0. The molecule has 0 radical (unpaired) electrons. The number of sulfonamides is 1. The fraction of sp³-hybridized carbons (Fsp3) is 0.455. The molecule has 0 saturated heterocycles. The quantitative estimate of drug-likeness (QED) is 0.439. The monoisotopic (exact) mass is 338 g/mol. The van der Waals surface area contributed by atoms with Gasteiger partial charge < -0.3 is 5.73 Å². The van der Waals surface area contributed by atoms with E-state index in [9.17, 15) is 18.5 Å². The fourth-order valence-electron chi connectivity index (χ4n) is 1.69. The van der Waals surface area contributed by atoms with Crippen molar-refractivity contribution in [2.75, 3.05) is 14.1 Å². The predicted molar refractivity (Wildman–Crippen MR) is 81.7 cm³/mol. The van der Waals surface area contributed by atoms with Crippen molar-refractivity contribution in [3.8, 4) is 0 Å². The van der Waals surface area contributed by atoms with Crippen LogP contribution in [0, 0.1) is 10.1 Å². The van der Waals surface area contributed by atoms with Gasteiger partial charge in [-0.3, -0.25) is 15.0 Å². The third-order valence-electron chi connectivity index (χ3n) is 2.94. The number of rotatable bonds is 6. The van der Waals surface area contributed by atoms with Crippen LogP contribution in [0.1, 0.15) is 12.0 Å². The van der Waals surface area contributed by atoms with Crippen LogP contribution in [-0.2, 0) is 16.4 Å². The van der Waals surface area contributed by atoms with Crippen molar-refractivity contribution in [3.05, 3.63) is 33.9 Å². The van der Waals surface area contributed by atoms with E-state index in [-0.39, 0.29) is 29.2 Å². The van der Waals surface area contributed by atoms with E-state index in [0.29, 0.717) is 18.4 Å². The van der Waals surface area contributed by atoms with E-state index in [0.717, 1.165) is 6.07 Å². The molecule has 0 fully saturated rings. The first kappa shape index (κ1) is 19.7. The topological polar surface area (TPSA) is 133 Å². The Labute approximate surface area is 129 Å². The van der Waals surface area contributed by atoms with Crippen molar-refractivity contribution in [2.24, 2.45) is 10.9 Å². The minimum absolute atomic E-state index is 0. The summed E-state index contributed by atoms with van der Waals surface area (Å²) >= 11 is 0. The molecule has 1 rings (SSSR count). The summed E-state index contributed by atoms with van der Waals surface area (Å²) in [5.74, 6) is 0. The van der Waals surface area contributed by atoms with Gasteiger partial charge in [0.25, 0.3) is 5.69 Å². The zero-order valence-corrected chi connectivity index (χ0v) is 13.4. The zero-order valence-electron chi connectivity index (χ0n) is 11.7. The van der Waals surface area contributed by atoms with E-state index < -0.39 is 14.9 Å². The number of nitro benzene ring substituents is 1. The average Bonchev–Trinajstić information content (AvgIpc) is 2.34. The molecule has 0 aromatic heterocycles. The molecular weight excluding hydrogens is 320 g/mol. The zero-order chi connectivity index (χ0) is 15.5. The first-order chi connectivity index (χ1) is 9.12. The van der Waals surface area contributed by atoms with Gasteiger partial charge >= 0.3 is 0 Å². The molecule has 0 aliphatic rings. The molecule has 4 N–H and O–H groups in total. The third kappa shape index (κ3) is 5.56. The average molecular weight is 339 g/mol. The highest BCUT2D eigenvalue weighted by Crippen LogP contribution is 2.22. The number of nitrogens with zero attached hydrogens (tertiary/aromatic N) is 2. The van der Waals surface area contributed by atoms with Crippen LogP contribution in [0.15, 0.2) is 23.1 Å². The van der Waals surface area contributed by atoms with Crippen LogP contribution < -0.4 is 10.9 Å². The van der Waals surface area contributed by atoms with Crippen molar-refractivity contribution in [3.63, 3.8) is 0 Å². The van der Waals surface area contributed by atoms with Gasteiger partial charge in [-0.15, -0.1) is 12.4 Å². The first-order valence-corrected chi connectivity index (χ1v) is 7.39. The SMILES string of the molecule is CN(C)C(N)CCc1ccc([N+](=O)[O-])cc1S(N)(=O)=O.Cl. The lowest BCUT2D eigenvalue weighted by Crippen LogP contribution is -2.36. The molecule has 0 bridgehead atoms. The fourth-order valence-corrected chi connectivity index (χ4v) is 2.51. The number of hydrogen-bond donors (Lipinski definition) is 2. The number of nitrogens with two attached hydrogens (primary N) is 2. The Bertz CT molecular complexity index is 606. The summed E-state index contributed by atoms with van der Waals surface area (Å²) in [5, 5.41) is 15.8. The van der Waals surface area contributed by atoms with Crippen molar-refractivity contribution in [2.45, 2.75) is 23.9 Å². The van der Waals surface area contributed by atoms with Crippen LogP contribution >= 0.6 is 12.4 Å². The Hall–Kier alpha value is -1.26. The Balaban J connectivity index is 0.00000400. The van der Waals surface area contributed by atoms with Gasteiger partial charge in [0.1, 0.15) is 0 Å². The van der Waals surface area contributed by atoms with Crippen LogP contribution in [0.4, 0.5) is 5.69 Å². The number of benzene rings is 1. The second-order valence-electron chi connectivity index (χ2n) is 4.66. The maximum absolute atomic E-state index is 11.5. The number of non-ortho nitro benzene ring substituents is 1. The van der Waals surface area contributed by atoms with Crippen LogP contribution in [0.3, 0.4) is 0 Å². The van der Waals surface area contributed by atoms with Gasteiger partial charge in [0.15, 0.2) is 0 Å². The Morgan fingerprint density at radius 3 is 2.38 bits per heavy atom. The van der Waals surface area contributed by atoms with Crippen LogP contribution in [0.5, 0.6) is 0 Å². The summed E-state index contributed by atoms with van der Waals surface area (Å²) in [6, 6.07) is 3.64. The highest BCUT2D eigenvalue weighted by Gasteiger charge is 2.19. The molecule has 120 valence electrons. The molecule has 0 saturated carbocycles. The molecule has 8 nitrogen and oxygen atoms in total. The van der Waals surface area contributed by atoms with Gasteiger partial charge in [-0.2, -0.15) is 0 Å². The molecule has 0 amide bonds. The number of primary sulfonamides is 1. The Morgan fingerprint density at radius 2 is 1.95 bits per heavy atom. The highest BCUT2D eigenvalue weighted by molar-refractivity contribution is 7.89. The summed E-state index contributed by atoms with van der Waals surface area (Å²) in [7, 11) is -0.403. The summed E-state index contributed by atoms with van der Waals surface area (Å²) in [6.45, 7) is 0. The van der Waals surface area contributed by atoms with E-state index in [1.807, 2.05) is 0 Å². The van der Waals surface area contributed by atoms with Gasteiger partial charge in [0, 0.05) is 12.1 Å². The molecule has 0 aliphatic carbocycles. The third-order valence-corrected chi connectivity index (χ3v) is 3.93. The number of halogens is 1. The largest absolute Gasteiger partial charge is 0.316 e. The lowest BCUT2D eigenvalue weighted by molar-refractivity contribution is -0.385. The van der Waals surface area contributed by atoms with Gasteiger partial charge in [-0.25, -0.2) is 13.6 Å². The molecule has 1 aromatic carbocycles. The number of aryl methyl sites for hydroxylation is 1. The molecule has 1 unspecified atom stereocenters. The van der Waals surface area contributed by atoms with Crippen molar-refractivity contribution >= 4 is 28.1 Å². The first-order valence-electron chi connectivity index (χ1n) is 5.85. The smallest absolute Gasteiger partial charge is 0.270 e. The minimum Gasteiger partial charge on any atom is -0.316 e. The number of hydrogen-bond acceptors (Lipinski definition) is 6. The maximum atomic E-state index is 11.5. The van der Waals surface area contributed by atoms with Crippen molar-refractivity contribution in [1.29, 1.82) is 0 Å². The normalized spacial score (nSPS) is 12.8. The van der Waals surface area contributed by atoms with Crippen LogP contribution in [0.25, 0.3) is 0 Å². The summed E-state index contributed by atoms with van der Waals surface area (Å²) in [4.78, 5) is 11.6. The molecular formula is C11H19ClN4O4S. The summed E-state index contributed by atoms with van der Waals surface area (Å²) in [6.07, 6.45) is 0.634. The molecule has 0 heterocycles. The van der Waals surface area contributed by atoms with E-state index in [4.69, 9.17) is 10.9 Å². The Kier molecular flexibility index (Phi) is 7.20. The molecule has 21 heavy (non-hydrogen) atoms. The van der Waals surface area contributed by atoms with Crippen LogP contribution in [-0.4, -0.2) is 38.5 Å². The second-order valence-corrected chi connectivity index (χ2v) is 6.19. The molecule has 10 heteroatoms. The van der Waals surface area contributed by atoms with E-state index in [2.05, 4.69) is 0 Å². The van der Waals surface area contributed by atoms with Gasteiger partial charge in [-0.05, 0) is 32.5 Å². The van der Waals surface area contributed by atoms with Crippen molar-refractivity contribution in [1.82, 2.24) is 4.90 Å². The predicted octanol–water partition coefficient (Wildman–Crippen LogP) is 0.443. The van der Waals surface area contributed by atoms with E-state index in [1.165, 1.54) is 12.1 Å². The minimum atomic E-state index is -4.02. The Morgan fingerprint density at radius 1 is 1.38 bits per heavy atom. The van der Waals surface area contributed by atoms with Gasteiger partial charge in [0.2, 0.25) is 10.0 Å². The molecule has 0 aliphatic heterocycles. The number of nitro groups is 1. The van der Waals surface area contributed by atoms with E-state index in [1.54, 1.807) is 19.0 Å².